The zero-order valence-electron chi connectivity index (χ0n) is 28.0. The first-order chi connectivity index (χ1) is 26.2. The lowest BCUT2D eigenvalue weighted by Gasteiger charge is -2.10. The van der Waals surface area contributed by atoms with Crippen LogP contribution >= 0.6 is 0 Å². The fourth-order valence-electron chi connectivity index (χ4n) is 6.67. The number of rotatable bonds is 7. The third kappa shape index (κ3) is 5.72. The van der Waals surface area contributed by atoms with Crippen LogP contribution in [0.3, 0.4) is 0 Å². The van der Waals surface area contributed by atoms with E-state index in [1.54, 1.807) is 24.8 Å². The van der Waals surface area contributed by atoms with Gasteiger partial charge in [0.15, 0.2) is 0 Å². The lowest BCUT2D eigenvalue weighted by Crippen LogP contribution is -2.00. The molecule has 0 unspecified atom stereocenters. The summed E-state index contributed by atoms with van der Waals surface area (Å²) < 4.78 is 15.0. The maximum absolute atomic E-state index is 6.47. The van der Waals surface area contributed by atoms with E-state index in [4.69, 9.17) is 19.4 Å². The first-order valence-electron chi connectivity index (χ1n) is 17.1. The normalized spacial score (nSPS) is 11.4. The molecule has 0 aliphatic heterocycles. The highest BCUT2D eigenvalue weighted by Crippen LogP contribution is 2.38. The minimum atomic E-state index is 0.541. The molecule has 0 saturated heterocycles. The quantitative estimate of drug-likeness (QED) is 0.163. The molecule has 0 atom stereocenters. The van der Waals surface area contributed by atoms with E-state index in [0.717, 1.165) is 66.4 Å². The number of hydrogen-bond donors (Lipinski definition) is 0. The van der Waals surface area contributed by atoms with Crippen molar-refractivity contribution in [2.75, 3.05) is 0 Å². The molecule has 0 amide bonds. The molecule has 250 valence electrons. The van der Waals surface area contributed by atoms with E-state index in [1.807, 2.05) is 132 Å². The summed E-state index contributed by atoms with van der Waals surface area (Å²) in [6.07, 6.45) is 7.03. The summed E-state index contributed by atoms with van der Waals surface area (Å²) in [6.45, 7) is 0. The van der Waals surface area contributed by atoms with Gasteiger partial charge in [-0.2, -0.15) is 0 Å². The average molecular weight is 686 g/mol. The molecule has 9 heteroatoms. The van der Waals surface area contributed by atoms with Crippen LogP contribution in [0, 0.1) is 0 Å². The number of pyridine rings is 4. The minimum Gasteiger partial charge on any atom is -0.457 e. The number of ether oxygens (including phenoxy) is 2. The van der Waals surface area contributed by atoms with Crippen molar-refractivity contribution in [3.63, 3.8) is 0 Å². The molecule has 0 radical (unpaired) electrons. The van der Waals surface area contributed by atoms with E-state index in [-0.39, 0.29) is 0 Å². The zero-order chi connectivity index (χ0) is 35.1. The van der Waals surface area contributed by atoms with Crippen LogP contribution in [0.1, 0.15) is 0 Å². The van der Waals surface area contributed by atoms with Gasteiger partial charge in [0, 0.05) is 58.8 Å². The smallest absolute Gasteiger partial charge is 0.234 e. The summed E-state index contributed by atoms with van der Waals surface area (Å²) in [5.74, 6) is 3.29. The maximum Gasteiger partial charge on any atom is 0.234 e. The standard InChI is InChI=1S/C44H27N7O2/c1-6-28(36-16-18-38-40(49-36)10-3-20-45-38)24-30(8-1)52-32-12-14-34-35-15-13-33(27-43(35)51(42(34)26-32)44-47-22-5-23-48-44)53-31-9-2-7-29(25-31)37-17-19-39-41(50-37)11-4-21-46-39/h1-27H. The number of nitrogens with zero attached hydrogens (tertiary/aromatic N) is 7. The second-order valence-electron chi connectivity index (χ2n) is 12.5. The van der Waals surface area contributed by atoms with Gasteiger partial charge in [-0.15, -0.1) is 0 Å². The Kier molecular flexibility index (Phi) is 7.25. The summed E-state index contributed by atoms with van der Waals surface area (Å²) in [5, 5.41) is 2.07. The molecule has 9 nitrogen and oxygen atoms in total. The van der Waals surface area contributed by atoms with E-state index in [2.05, 4.69) is 32.1 Å². The summed E-state index contributed by atoms with van der Waals surface area (Å²) in [6, 6.07) is 45.5. The third-order valence-electron chi connectivity index (χ3n) is 9.11. The van der Waals surface area contributed by atoms with Crippen molar-refractivity contribution in [1.29, 1.82) is 0 Å². The highest BCUT2D eigenvalue weighted by Gasteiger charge is 2.17. The van der Waals surface area contributed by atoms with Crippen molar-refractivity contribution in [2.45, 2.75) is 0 Å². The highest BCUT2D eigenvalue weighted by atomic mass is 16.5. The molecular formula is C44H27N7O2. The first kappa shape index (κ1) is 30.3. The Hall–Kier alpha value is -7.52. The van der Waals surface area contributed by atoms with Gasteiger partial charge < -0.3 is 9.47 Å². The van der Waals surface area contributed by atoms with Crippen molar-refractivity contribution >= 4 is 43.9 Å². The fraction of sp³-hybridized carbons (Fsp3) is 0. The van der Waals surface area contributed by atoms with Gasteiger partial charge in [0.2, 0.25) is 5.95 Å². The van der Waals surface area contributed by atoms with E-state index in [9.17, 15) is 0 Å². The van der Waals surface area contributed by atoms with Crippen LogP contribution in [-0.2, 0) is 0 Å². The van der Waals surface area contributed by atoms with E-state index >= 15 is 0 Å². The Morgan fingerprint density at radius 1 is 0.377 bits per heavy atom. The molecule has 0 bridgehead atoms. The number of fused-ring (bicyclic) bond motifs is 5. The van der Waals surface area contributed by atoms with Crippen molar-refractivity contribution in [3.05, 3.63) is 164 Å². The Morgan fingerprint density at radius 2 is 0.868 bits per heavy atom. The van der Waals surface area contributed by atoms with Crippen LogP contribution < -0.4 is 9.47 Å². The molecular weight excluding hydrogens is 659 g/mol. The molecule has 0 saturated carbocycles. The predicted octanol–water partition coefficient (Wildman–Crippen LogP) is 10.4. The van der Waals surface area contributed by atoms with Crippen molar-refractivity contribution in [1.82, 2.24) is 34.5 Å². The molecule has 10 rings (SSSR count). The summed E-state index contributed by atoms with van der Waals surface area (Å²) in [4.78, 5) is 27.7. The first-order valence-corrected chi connectivity index (χ1v) is 17.1. The maximum atomic E-state index is 6.47. The third-order valence-corrected chi connectivity index (χ3v) is 9.11. The average Bonchev–Trinajstić information content (AvgIpc) is 3.53. The topological polar surface area (TPSA) is 101 Å². The Bertz CT molecular complexity index is 2800. The Morgan fingerprint density at radius 3 is 1.40 bits per heavy atom. The lowest BCUT2D eigenvalue weighted by molar-refractivity contribution is 0.483. The van der Waals surface area contributed by atoms with Gasteiger partial charge in [0.05, 0.1) is 44.5 Å². The predicted molar refractivity (Wildman–Crippen MR) is 206 cm³/mol. The highest BCUT2D eigenvalue weighted by molar-refractivity contribution is 6.09. The molecule has 0 N–H and O–H groups in total. The molecule has 53 heavy (non-hydrogen) atoms. The van der Waals surface area contributed by atoms with Gasteiger partial charge in [0.25, 0.3) is 0 Å². The SMILES string of the molecule is c1cnc(-n2c3cc(Oc4cccc(-c5ccc6ncccc6n5)c4)ccc3c3ccc(Oc4cccc(-c5ccc6ncccc6n5)c4)cc32)nc1. The van der Waals surface area contributed by atoms with Gasteiger partial charge in [-0.25, -0.2) is 19.9 Å². The molecule has 6 aromatic heterocycles. The zero-order valence-corrected chi connectivity index (χ0v) is 28.0. The van der Waals surface area contributed by atoms with Gasteiger partial charge in [0.1, 0.15) is 23.0 Å². The molecule has 10 aromatic rings. The second-order valence-corrected chi connectivity index (χ2v) is 12.5. The number of benzene rings is 4. The Labute approximate surface area is 302 Å². The van der Waals surface area contributed by atoms with Crippen molar-refractivity contribution in [2.24, 2.45) is 0 Å². The van der Waals surface area contributed by atoms with Gasteiger partial charge in [-0.05, 0) is 103 Å². The van der Waals surface area contributed by atoms with Gasteiger partial charge in [-0.1, -0.05) is 24.3 Å². The van der Waals surface area contributed by atoms with Crippen molar-refractivity contribution < 1.29 is 9.47 Å². The molecule has 6 heterocycles. The van der Waals surface area contributed by atoms with Gasteiger partial charge >= 0.3 is 0 Å². The van der Waals surface area contributed by atoms with Crippen LogP contribution in [0.5, 0.6) is 23.0 Å². The van der Waals surface area contributed by atoms with Crippen LogP contribution in [-0.4, -0.2) is 34.5 Å². The van der Waals surface area contributed by atoms with Crippen LogP contribution in [0.2, 0.25) is 0 Å². The van der Waals surface area contributed by atoms with E-state index < -0.39 is 0 Å². The largest absolute Gasteiger partial charge is 0.457 e. The summed E-state index contributed by atoms with van der Waals surface area (Å²) in [5.41, 5.74) is 8.80. The minimum absolute atomic E-state index is 0.541. The molecule has 0 aliphatic carbocycles. The van der Waals surface area contributed by atoms with E-state index in [1.165, 1.54) is 0 Å². The summed E-state index contributed by atoms with van der Waals surface area (Å²) in [7, 11) is 0. The van der Waals surface area contributed by atoms with Crippen molar-refractivity contribution in [3.8, 4) is 51.5 Å². The van der Waals surface area contributed by atoms with Crippen LogP contribution in [0.25, 0.3) is 72.3 Å². The molecule has 0 spiro atoms. The monoisotopic (exact) mass is 685 g/mol. The van der Waals surface area contributed by atoms with E-state index in [0.29, 0.717) is 28.9 Å². The summed E-state index contributed by atoms with van der Waals surface area (Å²) >= 11 is 0. The number of hydrogen-bond acceptors (Lipinski definition) is 8. The fourth-order valence-corrected chi connectivity index (χ4v) is 6.67. The van der Waals surface area contributed by atoms with Crippen LogP contribution in [0.15, 0.2) is 164 Å². The molecule has 0 aliphatic rings. The molecule has 4 aromatic carbocycles. The second kappa shape index (κ2) is 12.7. The Balaban J connectivity index is 1.00. The number of aromatic nitrogens is 7. The van der Waals surface area contributed by atoms with Crippen LogP contribution in [0.4, 0.5) is 0 Å². The van der Waals surface area contributed by atoms with Gasteiger partial charge in [-0.3, -0.25) is 14.5 Å². The molecule has 0 fully saturated rings. The lowest BCUT2D eigenvalue weighted by atomic mass is 10.1.